The van der Waals surface area contributed by atoms with E-state index in [2.05, 4.69) is 0 Å². The van der Waals surface area contributed by atoms with Crippen LogP contribution >= 0.6 is 11.6 Å². The lowest BCUT2D eigenvalue weighted by atomic mass is 10.00. The van der Waals surface area contributed by atoms with Crippen molar-refractivity contribution in [3.05, 3.63) is 34.4 Å². The van der Waals surface area contributed by atoms with Crippen LogP contribution in [0.1, 0.15) is 59.3 Å². The molecule has 2 bridgehead atoms. The van der Waals surface area contributed by atoms with Crippen molar-refractivity contribution in [2.45, 2.75) is 89.8 Å². The SMILES string of the molecule is CC(=O)O[C@H]1CC(=O)OC2C[C@H](CCC(Cl)=CCC=C1C)O[C@H]2[C@H]1C=C(C)CC(=O)O1. The van der Waals surface area contributed by atoms with Gasteiger partial charge in [0.15, 0.2) is 0 Å². The van der Waals surface area contributed by atoms with Crippen molar-refractivity contribution in [2.75, 3.05) is 0 Å². The molecule has 1 saturated heterocycles. The van der Waals surface area contributed by atoms with Crippen LogP contribution in [-0.2, 0) is 33.3 Å². The molecule has 0 aliphatic carbocycles. The van der Waals surface area contributed by atoms with E-state index in [1.165, 1.54) is 6.92 Å². The molecule has 0 saturated carbocycles. The van der Waals surface area contributed by atoms with E-state index in [9.17, 15) is 14.4 Å². The molecule has 31 heavy (non-hydrogen) atoms. The Balaban J connectivity index is 1.83. The predicted octanol–water partition coefficient (Wildman–Crippen LogP) is 3.89. The average Bonchev–Trinajstić information content (AvgIpc) is 3.06. The van der Waals surface area contributed by atoms with Crippen LogP contribution in [0.25, 0.3) is 0 Å². The second-order valence-corrected chi connectivity index (χ2v) is 8.79. The summed E-state index contributed by atoms with van der Waals surface area (Å²) in [5, 5.41) is 0.713. The van der Waals surface area contributed by atoms with E-state index >= 15 is 0 Å². The molecule has 0 amide bonds. The van der Waals surface area contributed by atoms with Crippen LogP contribution in [0.4, 0.5) is 0 Å². The third-order valence-corrected chi connectivity index (χ3v) is 5.95. The molecule has 0 aromatic rings. The number of halogens is 1. The molecule has 3 rings (SSSR count). The van der Waals surface area contributed by atoms with Crippen LogP contribution in [0.2, 0.25) is 0 Å². The molecule has 0 radical (unpaired) electrons. The Hall–Kier alpha value is -2.12. The molecule has 8 heteroatoms. The number of hydrogen-bond donors (Lipinski definition) is 0. The van der Waals surface area contributed by atoms with Gasteiger partial charge in [-0.15, -0.1) is 0 Å². The molecule has 7 nitrogen and oxygen atoms in total. The fourth-order valence-electron chi connectivity index (χ4n) is 4.07. The Morgan fingerprint density at radius 2 is 1.94 bits per heavy atom. The number of allylic oxidation sites excluding steroid dienone is 3. The summed E-state index contributed by atoms with van der Waals surface area (Å²) in [5.74, 6) is -1.29. The molecule has 0 N–H and O–H groups in total. The lowest BCUT2D eigenvalue weighted by Gasteiger charge is -2.28. The maximum atomic E-state index is 12.7. The van der Waals surface area contributed by atoms with Gasteiger partial charge in [-0.05, 0) is 44.8 Å². The van der Waals surface area contributed by atoms with Gasteiger partial charge >= 0.3 is 17.9 Å². The van der Waals surface area contributed by atoms with Crippen molar-refractivity contribution >= 4 is 29.5 Å². The first-order valence-electron chi connectivity index (χ1n) is 10.6. The summed E-state index contributed by atoms with van der Waals surface area (Å²) in [5.41, 5.74) is 1.65. The average molecular weight is 453 g/mol. The molecule has 1 unspecified atom stereocenters. The van der Waals surface area contributed by atoms with Crippen LogP contribution in [0.5, 0.6) is 0 Å². The third kappa shape index (κ3) is 6.68. The Kier molecular flexibility index (Phi) is 7.94. The monoisotopic (exact) mass is 452 g/mol. The van der Waals surface area contributed by atoms with Gasteiger partial charge < -0.3 is 18.9 Å². The quantitative estimate of drug-likeness (QED) is 0.356. The standard InChI is InChI=1S/C23H29ClO7/c1-13-9-19(30-21(26)10-13)23-20-11-17(29-23)8-7-16(24)6-4-5-14(2)18(28-15(3)25)12-22(27)31-20/h5-6,9,17-20,23H,4,7-8,10-12H2,1-3H3/t17-,18-,19+,20?,23-/m0/s1. The Labute approximate surface area is 187 Å². The lowest BCUT2D eigenvalue weighted by Crippen LogP contribution is -2.41. The lowest BCUT2D eigenvalue weighted by molar-refractivity contribution is -0.165. The van der Waals surface area contributed by atoms with Crippen molar-refractivity contribution in [3.63, 3.8) is 0 Å². The first kappa shape index (κ1) is 23.5. The van der Waals surface area contributed by atoms with Crippen LogP contribution in [0.15, 0.2) is 34.4 Å². The van der Waals surface area contributed by atoms with E-state index < -0.39 is 36.4 Å². The number of carbonyl (C=O) groups is 3. The number of rotatable bonds is 2. The van der Waals surface area contributed by atoms with Crippen LogP contribution in [0.3, 0.4) is 0 Å². The van der Waals surface area contributed by atoms with E-state index in [4.69, 9.17) is 30.5 Å². The van der Waals surface area contributed by atoms with Crippen LogP contribution < -0.4 is 0 Å². The van der Waals surface area contributed by atoms with Crippen LogP contribution in [0, 0.1) is 0 Å². The fraction of sp³-hybridized carbons (Fsp3) is 0.609. The maximum absolute atomic E-state index is 12.7. The third-order valence-electron chi connectivity index (χ3n) is 5.61. The highest BCUT2D eigenvalue weighted by atomic mass is 35.5. The summed E-state index contributed by atoms with van der Waals surface area (Å²) < 4.78 is 22.7. The molecule has 0 aromatic heterocycles. The van der Waals surface area contributed by atoms with Gasteiger partial charge in [-0.3, -0.25) is 14.4 Å². The molecule has 0 spiro atoms. The van der Waals surface area contributed by atoms with Gasteiger partial charge in [0.05, 0.1) is 18.9 Å². The Bertz CT molecular complexity index is 813. The van der Waals surface area contributed by atoms with Crippen molar-refractivity contribution in [3.8, 4) is 0 Å². The number of carbonyl (C=O) groups excluding carboxylic acids is 3. The minimum Gasteiger partial charge on any atom is -0.459 e. The number of esters is 3. The number of cyclic esters (lactones) is 1. The molecule has 3 aliphatic heterocycles. The predicted molar refractivity (Wildman–Crippen MR) is 113 cm³/mol. The zero-order valence-electron chi connectivity index (χ0n) is 18.1. The zero-order valence-corrected chi connectivity index (χ0v) is 18.9. The fourth-order valence-corrected chi connectivity index (χ4v) is 4.27. The second-order valence-electron chi connectivity index (χ2n) is 8.31. The number of fused-ring (bicyclic) bond motifs is 2. The minimum atomic E-state index is -0.716. The molecule has 5 atom stereocenters. The van der Waals surface area contributed by atoms with E-state index in [0.29, 0.717) is 30.7 Å². The van der Waals surface area contributed by atoms with Gasteiger partial charge in [0.25, 0.3) is 0 Å². The smallest absolute Gasteiger partial charge is 0.310 e. The number of ether oxygens (including phenoxy) is 4. The Morgan fingerprint density at radius 1 is 1.16 bits per heavy atom. The molecule has 170 valence electrons. The van der Waals surface area contributed by atoms with E-state index in [1.807, 2.05) is 25.2 Å². The van der Waals surface area contributed by atoms with Crippen molar-refractivity contribution in [1.29, 1.82) is 0 Å². The van der Waals surface area contributed by atoms with Crippen LogP contribution in [-0.4, -0.2) is 48.4 Å². The zero-order chi connectivity index (χ0) is 22.5. The minimum absolute atomic E-state index is 0.105. The summed E-state index contributed by atoms with van der Waals surface area (Å²) in [4.78, 5) is 36.2. The van der Waals surface area contributed by atoms with E-state index in [-0.39, 0.29) is 24.9 Å². The van der Waals surface area contributed by atoms with Gasteiger partial charge in [-0.25, -0.2) is 0 Å². The largest absolute Gasteiger partial charge is 0.459 e. The van der Waals surface area contributed by atoms with E-state index in [1.54, 1.807) is 6.92 Å². The highest BCUT2D eigenvalue weighted by molar-refractivity contribution is 6.29. The van der Waals surface area contributed by atoms with Crippen molar-refractivity contribution in [1.82, 2.24) is 0 Å². The Morgan fingerprint density at radius 3 is 2.65 bits per heavy atom. The summed E-state index contributed by atoms with van der Waals surface area (Å²) in [6.07, 6.45) is 5.44. The molecular formula is C23H29ClO7. The van der Waals surface area contributed by atoms with Crippen molar-refractivity contribution in [2.24, 2.45) is 0 Å². The first-order chi connectivity index (χ1) is 14.7. The summed E-state index contributed by atoms with van der Waals surface area (Å²) in [7, 11) is 0. The highest BCUT2D eigenvalue weighted by Gasteiger charge is 2.44. The molecule has 1 fully saturated rings. The van der Waals surface area contributed by atoms with Gasteiger partial charge in [0.1, 0.15) is 24.4 Å². The van der Waals surface area contributed by atoms with Crippen molar-refractivity contribution < 1.29 is 33.3 Å². The van der Waals surface area contributed by atoms with Gasteiger partial charge in [0.2, 0.25) is 0 Å². The molecular weight excluding hydrogens is 424 g/mol. The summed E-state index contributed by atoms with van der Waals surface area (Å²) >= 11 is 6.36. The summed E-state index contributed by atoms with van der Waals surface area (Å²) in [6, 6.07) is 0. The molecule has 3 aliphatic rings. The van der Waals surface area contributed by atoms with E-state index in [0.717, 1.165) is 11.1 Å². The topological polar surface area (TPSA) is 88.1 Å². The maximum Gasteiger partial charge on any atom is 0.310 e. The second kappa shape index (κ2) is 10.5. The normalized spacial score (nSPS) is 32.6. The molecule has 3 heterocycles. The number of hydrogen-bond acceptors (Lipinski definition) is 7. The van der Waals surface area contributed by atoms with Gasteiger partial charge in [0, 0.05) is 18.4 Å². The van der Waals surface area contributed by atoms with Gasteiger partial charge in [-0.2, -0.15) is 0 Å². The summed E-state index contributed by atoms with van der Waals surface area (Å²) in [6.45, 7) is 4.97. The molecule has 0 aromatic carbocycles. The highest BCUT2D eigenvalue weighted by Crippen LogP contribution is 2.33. The van der Waals surface area contributed by atoms with Gasteiger partial charge in [-0.1, -0.05) is 29.3 Å². The first-order valence-corrected chi connectivity index (χ1v) is 11.0.